The fraction of sp³-hybridized carbons (Fsp3) is 0.278. The second kappa shape index (κ2) is 6.38. The molecule has 0 fully saturated rings. The Hall–Kier alpha value is -2.09. The van der Waals surface area contributed by atoms with Crippen molar-refractivity contribution in [1.29, 1.82) is 0 Å². The van der Waals surface area contributed by atoms with E-state index < -0.39 is 0 Å². The highest BCUT2D eigenvalue weighted by Gasteiger charge is 2.07. The first-order valence-corrected chi connectivity index (χ1v) is 6.90. The molecule has 2 heteroatoms. The molecule has 104 valence electrons. The normalized spacial score (nSPS) is 10.6. The monoisotopic (exact) mass is 268 g/mol. The molecule has 0 spiro atoms. The lowest BCUT2D eigenvalue weighted by molar-refractivity contribution is -0.116. The number of Topliss-reactive ketones (excluding diaryl/α,β-unsaturated/α-hetero) is 1. The standard InChI is InChI=1S/C18H20O2/c1-13(2)20-18-7-5-4-6-17(18)16-10-8-15(9-11-16)12-14(3)19/h4-11,13H,12H2,1-3H3. The van der Waals surface area contributed by atoms with E-state index in [2.05, 4.69) is 6.07 Å². The molecule has 0 unspecified atom stereocenters. The Morgan fingerprint density at radius 1 is 1.05 bits per heavy atom. The lowest BCUT2D eigenvalue weighted by atomic mass is 10.0. The van der Waals surface area contributed by atoms with E-state index in [4.69, 9.17) is 4.74 Å². The topological polar surface area (TPSA) is 26.3 Å². The molecule has 0 heterocycles. The molecule has 0 aromatic heterocycles. The van der Waals surface area contributed by atoms with Gasteiger partial charge < -0.3 is 4.74 Å². The average molecular weight is 268 g/mol. The maximum atomic E-state index is 11.1. The zero-order valence-electron chi connectivity index (χ0n) is 12.2. The summed E-state index contributed by atoms with van der Waals surface area (Å²) in [4.78, 5) is 11.1. The van der Waals surface area contributed by atoms with Gasteiger partial charge in [0.25, 0.3) is 0 Å². The first-order chi connectivity index (χ1) is 9.56. The van der Waals surface area contributed by atoms with Crippen molar-refractivity contribution in [3.8, 4) is 16.9 Å². The lowest BCUT2D eigenvalue weighted by Gasteiger charge is -2.14. The molecule has 2 rings (SSSR count). The quantitative estimate of drug-likeness (QED) is 0.809. The van der Waals surface area contributed by atoms with Crippen molar-refractivity contribution < 1.29 is 9.53 Å². The molecule has 0 amide bonds. The molecular weight excluding hydrogens is 248 g/mol. The highest BCUT2D eigenvalue weighted by Crippen LogP contribution is 2.30. The number of ketones is 1. The maximum Gasteiger partial charge on any atom is 0.134 e. The van der Waals surface area contributed by atoms with Crippen LogP contribution < -0.4 is 4.74 Å². The first kappa shape index (κ1) is 14.3. The van der Waals surface area contributed by atoms with Crippen molar-refractivity contribution in [1.82, 2.24) is 0 Å². The van der Waals surface area contributed by atoms with Crippen LogP contribution >= 0.6 is 0 Å². The largest absolute Gasteiger partial charge is 0.490 e. The van der Waals surface area contributed by atoms with E-state index in [9.17, 15) is 4.79 Å². The number of ether oxygens (including phenoxy) is 1. The van der Waals surface area contributed by atoms with Crippen molar-refractivity contribution in [3.63, 3.8) is 0 Å². The van der Waals surface area contributed by atoms with E-state index >= 15 is 0 Å². The van der Waals surface area contributed by atoms with E-state index in [0.717, 1.165) is 22.4 Å². The van der Waals surface area contributed by atoms with E-state index in [1.165, 1.54) is 0 Å². The van der Waals surface area contributed by atoms with Crippen LogP contribution in [0.4, 0.5) is 0 Å². The molecule has 0 atom stereocenters. The van der Waals surface area contributed by atoms with E-state index in [-0.39, 0.29) is 11.9 Å². The molecule has 0 aliphatic heterocycles. The van der Waals surface area contributed by atoms with Crippen molar-refractivity contribution in [3.05, 3.63) is 54.1 Å². The third kappa shape index (κ3) is 3.70. The van der Waals surface area contributed by atoms with E-state index in [1.54, 1.807) is 6.92 Å². The molecule has 2 nitrogen and oxygen atoms in total. The summed E-state index contributed by atoms with van der Waals surface area (Å²) in [5.74, 6) is 1.07. The minimum absolute atomic E-state index is 0.146. The SMILES string of the molecule is CC(=O)Cc1ccc(-c2ccccc2OC(C)C)cc1. The number of rotatable bonds is 5. The van der Waals surface area contributed by atoms with Crippen LogP contribution in [-0.4, -0.2) is 11.9 Å². The Kier molecular flexibility index (Phi) is 4.57. The Morgan fingerprint density at radius 3 is 2.30 bits per heavy atom. The summed E-state index contributed by atoms with van der Waals surface area (Å²) >= 11 is 0. The van der Waals surface area contributed by atoms with Gasteiger partial charge >= 0.3 is 0 Å². The van der Waals surface area contributed by atoms with Crippen LogP contribution in [0.2, 0.25) is 0 Å². The molecule has 0 radical (unpaired) electrons. The molecule has 0 N–H and O–H groups in total. The van der Waals surface area contributed by atoms with Crippen LogP contribution in [0.3, 0.4) is 0 Å². The van der Waals surface area contributed by atoms with Gasteiger partial charge in [-0.1, -0.05) is 42.5 Å². The molecule has 2 aromatic rings. The molecule has 0 aliphatic rings. The smallest absolute Gasteiger partial charge is 0.134 e. The van der Waals surface area contributed by atoms with Crippen molar-refractivity contribution >= 4 is 5.78 Å². The summed E-state index contributed by atoms with van der Waals surface area (Å²) in [6.45, 7) is 5.65. The van der Waals surface area contributed by atoms with Crippen molar-refractivity contribution in [2.75, 3.05) is 0 Å². The first-order valence-electron chi connectivity index (χ1n) is 6.90. The van der Waals surface area contributed by atoms with Gasteiger partial charge in [-0.05, 0) is 38.0 Å². The maximum absolute atomic E-state index is 11.1. The fourth-order valence-corrected chi connectivity index (χ4v) is 2.15. The van der Waals surface area contributed by atoms with Crippen molar-refractivity contribution in [2.24, 2.45) is 0 Å². The number of carbonyl (C=O) groups is 1. The van der Waals surface area contributed by atoms with Crippen molar-refractivity contribution in [2.45, 2.75) is 33.3 Å². The average Bonchev–Trinajstić information content (AvgIpc) is 2.39. The summed E-state index contributed by atoms with van der Waals surface area (Å²) in [5, 5.41) is 0. The van der Waals surface area contributed by atoms with Gasteiger partial charge in [-0.15, -0.1) is 0 Å². The molecule has 0 saturated carbocycles. The number of hydrogen-bond acceptors (Lipinski definition) is 2. The van der Waals surface area contributed by atoms with E-state index in [0.29, 0.717) is 6.42 Å². The van der Waals surface area contributed by atoms with Crippen LogP contribution in [0.15, 0.2) is 48.5 Å². The van der Waals surface area contributed by atoms with Crippen LogP contribution in [-0.2, 0) is 11.2 Å². The van der Waals surface area contributed by atoms with Gasteiger partial charge in [-0.3, -0.25) is 4.79 Å². The minimum Gasteiger partial charge on any atom is -0.490 e. The molecule has 20 heavy (non-hydrogen) atoms. The predicted octanol–water partition coefficient (Wildman–Crippen LogP) is 4.27. The molecular formula is C18H20O2. The van der Waals surface area contributed by atoms with Gasteiger partial charge in [-0.2, -0.15) is 0 Å². The Balaban J connectivity index is 2.29. The molecule has 2 aromatic carbocycles. The van der Waals surface area contributed by atoms with Gasteiger partial charge in [0.15, 0.2) is 0 Å². The second-order valence-corrected chi connectivity index (χ2v) is 5.24. The molecule has 0 saturated heterocycles. The Labute approximate surface area is 120 Å². The lowest BCUT2D eigenvalue weighted by Crippen LogP contribution is -2.06. The van der Waals surface area contributed by atoms with Crippen LogP contribution in [0.1, 0.15) is 26.3 Å². The van der Waals surface area contributed by atoms with Crippen LogP contribution in [0.25, 0.3) is 11.1 Å². The van der Waals surface area contributed by atoms with Gasteiger partial charge in [-0.25, -0.2) is 0 Å². The van der Waals surface area contributed by atoms with Crippen LogP contribution in [0.5, 0.6) is 5.75 Å². The number of benzene rings is 2. The highest BCUT2D eigenvalue weighted by molar-refractivity contribution is 5.78. The Morgan fingerprint density at radius 2 is 1.70 bits per heavy atom. The summed E-state index contributed by atoms with van der Waals surface area (Å²) in [7, 11) is 0. The Bertz CT molecular complexity index is 583. The number of para-hydroxylation sites is 1. The summed E-state index contributed by atoms with van der Waals surface area (Å²) < 4.78 is 5.84. The predicted molar refractivity (Wildman–Crippen MR) is 82.0 cm³/mol. The fourth-order valence-electron chi connectivity index (χ4n) is 2.15. The minimum atomic E-state index is 0.146. The zero-order valence-corrected chi connectivity index (χ0v) is 12.2. The van der Waals surface area contributed by atoms with Crippen LogP contribution in [0, 0.1) is 0 Å². The van der Waals surface area contributed by atoms with Gasteiger partial charge in [0.1, 0.15) is 11.5 Å². The number of hydrogen-bond donors (Lipinski definition) is 0. The number of carbonyl (C=O) groups excluding carboxylic acids is 1. The third-order valence-electron chi connectivity index (χ3n) is 2.97. The summed E-state index contributed by atoms with van der Waals surface area (Å²) in [6, 6.07) is 16.1. The summed E-state index contributed by atoms with van der Waals surface area (Å²) in [6.07, 6.45) is 0.637. The second-order valence-electron chi connectivity index (χ2n) is 5.24. The molecule has 0 bridgehead atoms. The highest BCUT2D eigenvalue weighted by atomic mass is 16.5. The van der Waals surface area contributed by atoms with E-state index in [1.807, 2.05) is 56.3 Å². The van der Waals surface area contributed by atoms with Gasteiger partial charge in [0.05, 0.1) is 6.10 Å². The molecule has 0 aliphatic carbocycles. The van der Waals surface area contributed by atoms with Gasteiger partial charge in [0.2, 0.25) is 0 Å². The third-order valence-corrected chi connectivity index (χ3v) is 2.97. The summed E-state index contributed by atoms with van der Waals surface area (Å²) in [5.41, 5.74) is 3.23. The zero-order chi connectivity index (χ0) is 14.5. The van der Waals surface area contributed by atoms with Gasteiger partial charge in [0, 0.05) is 12.0 Å².